The minimum Gasteiger partial charge on any atom is -0.493 e. The minimum atomic E-state index is -0.147. The van der Waals surface area contributed by atoms with Crippen molar-refractivity contribution in [2.24, 2.45) is 0 Å². The average molecular weight is 552 g/mol. The Balaban J connectivity index is 1.38. The van der Waals surface area contributed by atoms with E-state index in [4.69, 9.17) is 14.2 Å². The fourth-order valence-corrected chi connectivity index (χ4v) is 4.87. The first-order valence-corrected chi connectivity index (χ1v) is 13.9. The Labute approximate surface area is 236 Å². The van der Waals surface area contributed by atoms with E-state index < -0.39 is 0 Å². The number of hydrogen-bond acceptors (Lipinski definition) is 8. The van der Waals surface area contributed by atoms with Gasteiger partial charge in [-0.15, -0.1) is 0 Å². The number of aromatic nitrogens is 1. The van der Waals surface area contributed by atoms with E-state index in [-0.39, 0.29) is 17.9 Å². The second-order valence-corrected chi connectivity index (χ2v) is 10.5. The first-order chi connectivity index (χ1) is 19.3. The zero-order chi connectivity index (χ0) is 28.5. The third kappa shape index (κ3) is 8.27. The quantitative estimate of drug-likeness (QED) is 0.426. The van der Waals surface area contributed by atoms with Gasteiger partial charge in [0.1, 0.15) is 5.82 Å². The molecule has 2 aromatic rings. The Kier molecular flexibility index (Phi) is 10.5. The average Bonchev–Trinajstić information content (AvgIpc) is 3.09. The zero-order valence-electron chi connectivity index (χ0n) is 24.0. The highest BCUT2D eigenvalue weighted by atomic mass is 16.5. The van der Waals surface area contributed by atoms with Crippen LogP contribution in [0.3, 0.4) is 0 Å². The number of ether oxygens (including phenoxy) is 3. The molecule has 1 aromatic carbocycles. The molecule has 0 atom stereocenters. The molecule has 216 valence electrons. The third-order valence-corrected chi connectivity index (χ3v) is 6.90. The monoisotopic (exact) mass is 551 g/mol. The number of rotatable bonds is 11. The number of hydrogen-bond donors (Lipinski definition) is 1. The molecule has 2 aliphatic rings. The van der Waals surface area contributed by atoms with Gasteiger partial charge in [-0.05, 0) is 50.6 Å². The smallest absolute Gasteiger partial charge is 0.246 e. The van der Waals surface area contributed by atoms with Crippen LogP contribution in [0.25, 0.3) is 6.08 Å². The van der Waals surface area contributed by atoms with Gasteiger partial charge in [0.15, 0.2) is 11.5 Å². The van der Waals surface area contributed by atoms with Gasteiger partial charge in [-0.2, -0.15) is 0 Å². The summed E-state index contributed by atoms with van der Waals surface area (Å²) in [6.45, 7) is 10.5. The number of likely N-dealkylation sites (N-methyl/N-ethyl adjacent to an activating group) is 1. The lowest BCUT2D eigenvalue weighted by Gasteiger charge is -2.27. The minimum absolute atomic E-state index is 0.0258. The molecule has 4 rings (SSSR count). The van der Waals surface area contributed by atoms with Crippen LogP contribution in [0.4, 0.5) is 5.82 Å². The summed E-state index contributed by atoms with van der Waals surface area (Å²) in [4.78, 5) is 36.1. The molecule has 0 bridgehead atoms. The highest BCUT2D eigenvalue weighted by molar-refractivity contribution is 5.93. The predicted molar refractivity (Wildman–Crippen MR) is 154 cm³/mol. The van der Waals surface area contributed by atoms with Crippen LogP contribution in [-0.4, -0.2) is 97.7 Å². The van der Waals surface area contributed by atoms with Crippen molar-refractivity contribution < 1.29 is 23.8 Å². The molecule has 10 heteroatoms. The van der Waals surface area contributed by atoms with Crippen LogP contribution in [-0.2, 0) is 27.4 Å². The highest BCUT2D eigenvalue weighted by Crippen LogP contribution is 2.32. The summed E-state index contributed by atoms with van der Waals surface area (Å²) in [5, 5.41) is 2.92. The van der Waals surface area contributed by atoms with Crippen LogP contribution in [0.15, 0.2) is 36.5 Å². The summed E-state index contributed by atoms with van der Waals surface area (Å²) in [6, 6.07) is 7.66. The molecule has 2 aliphatic heterocycles. The maximum atomic E-state index is 13.0. The van der Waals surface area contributed by atoms with Crippen molar-refractivity contribution in [3.8, 4) is 11.5 Å². The highest BCUT2D eigenvalue weighted by Gasteiger charge is 2.21. The van der Waals surface area contributed by atoms with E-state index in [1.54, 1.807) is 37.4 Å². The number of carbonyl (C=O) groups excluding carboxylic acids is 2. The molecule has 1 fully saturated rings. The third-order valence-electron chi connectivity index (χ3n) is 6.90. The molecule has 1 saturated heterocycles. The van der Waals surface area contributed by atoms with Gasteiger partial charge in [-0.1, -0.05) is 12.1 Å². The van der Waals surface area contributed by atoms with E-state index >= 15 is 0 Å². The summed E-state index contributed by atoms with van der Waals surface area (Å²) >= 11 is 0. The van der Waals surface area contributed by atoms with E-state index in [0.29, 0.717) is 37.0 Å². The summed E-state index contributed by atoms with van der Waals surface area (Å²) in [5.74, 6) is 1.66. The van der Waals surface area contributed by atoms with Gasteiger partial charge in [0.2, 0.25) is 11.8 Å². The number of benzene rings is 1. The van der Waals surface area contributed by atoms with Crippen molar-refractivity contribution in [3.63, 3.8) is 0 Å². The number of fused-ring (bicyclic) bond motifs is 1. The number of amides is 2. The molecule has 40 heavy (non-hydrogen) atoms. The van der Waals surface area contributed by atoms with Crippen LogP contribution in [0.5, 0.6) is 11.5 Å². The number of morpholine rings is 1. The van der Waals surface area contributed by atoms with Gasteiger partial charge in [0.25, 0.3) is 0 Å². The number of para-hydroxylation sites is 1. The second kappa shape index (κ2) is 14.2. The largest absolute Gasteiger partial charge is 0.493 e. The molecule has 0 unspecified atom stereocenters. The molecule has 1 N–H and O–H groups in total. The van der Waals surface area contributed by atoms with Gasteiger partial charge >= 0.3 is 0 Å². The molecule has 0 saturated carbocycles. The van der Waals surface area contributed by atoms with E-state index in [1.807, 2.05) is 38.1 Å². The summed E-state index contributed by atoms with van der Waals surface area (Å²) in [6.07, 6.45) is 5.93. The molecule has 10 nitrogen and oxygen atoms in total. The number of nitrogens with zero attached hydrogens (tertiary/aromatic N) is 4. The van der Waals surface area contributed by atoms with Crippen molar-refractivity contribution in [3.05, 3.63) is 53.2 Å². The summed E-state index contributed by atoms with van der Waals surface area (Å²) < 4.78 is 16.9. The lowest BCUT2D eigenvalue weighted by molar-refractivity contribution is -0.125. The maximum Gasteiger partial charge on any atom is 0.246 e. The van der Waals surface area contributed by atoms with Gasteiger partial charge in [0, 0.05) is 63.2 Å². The number of nitrogens with one attached hydrogen (secondary N) is 1. The lowest BCUT2D eigenvalue weighted by atomic mass is 10.1. The van der Waals surface area contributed by atoms with Crippen molar-refractivity contribution >= 4 is 23.7 Å². The first kappa shape index (κ1) is 29.5. The van der Waals surface area contributed by atoms with Crippen LogP contribution < -0.4 is 14.8 Å². The lowest BCUT2D eigenvalue weighted by Crippen LogP contribution is -2.38. The summed E-state index contributed by atoms with van der Waals surface area (Å²) in [7, 11) is 3.36. The number of anilines is 1. The topological polar surface area (TPSA) is 96.5 Å². The van der Waals surface area contributed by atoms with E-state index in [2.05, 4.69) is 20.1 Å². The van der Waals surface area contributed by atoms with Gasteiger partial charge in [0.05, 0.1) is 33.0 Å². The van der Waals surface area contributed by atoms with Crippen molar-refractivity contribution in [2.45, 2.75) is 39.5 Å². The van der Waals surface area contributed by atoms with Crippen LogP contribution in [0.1, 0.15) is 37.0 Å². The van der Waals surface area contributed by atoms with E-state index in [0.717, 1.165) is 62.5 Å². The zero-order valence-corrected chi connectivity index (χ0v) is 24.0. The van der Waals surface area contributed by atoms with Gasteiger partial charge in [-0.25, -0.2) is 4.98 Å². The van der Waals surface area contributed by atoms with Crippen molar-refractivity contribution in [1.82, 2.24) is 19.7 Å². The van der Waals surface area contributed by atoms with Gasteiger partial charge < -0.3 is 24.4 Å². The van der Waals surface area contributed by atoms with E-state index in [1.165, 1.54) is 0 Å². The Morgan fingerprint density at radius 2 is 1.98 bits per heavy atom. The first-order valence-electron chi connectivity index (χ1n) is 13.9. The number of pyridine rings is 1. The van der Waals surface area contributed by atoms with Crippen molar-refractivity contribution in [1.29, 1.82) is 0 Å². The second-order valence-electron chi connectivity index (χ2n) is 10.5. The van der Waals surface area contributed by atoms with Crippen LogP contribution >= 0.6 is 0 Å². The Bertz CT molecular complexity index is 1200. The molecule has 0 aliphatic carbocycles. The van der Waals surface area contributed by atoms with Crippen LogP contribution in [0.2, 0.25) is 0 Å². The molecule has 0 radical (unpaired) electrons. The molecule has 1 aromatic heterocycles. The SMILES string of the molecule is COc1cccc(CN(C)C(=O)/C=C/c2cnc3c(c2)CN(CCCN2CCOCC2)CC(=O)N3)c1OC(C)C. The number of carbonyl (C=O) groups is 2. The molecule has 0 spiro atoms. The fourth-order valence-electron chi connectivity index (χ4n) is 4.87. The molecular weight excluding hydrogens is 510 g/mol. The predicted octanol–water partition coefficient (Wildman–Crippen LogP) is 3.03. The Morgan fingerprint density at radius 3 is 2.73 bits per heavy atom. The molecule has 3 heterocycles. The molecular formula is C30H41N5O5. The van der Waals surface area contributed by atoms with Crippen molar-refractivity contribution in [2.75, 3.05) is 65.4 Å². The van der Waals surface area contributed by atoms with E-state index in [9.17, 15) is 9.59 Å². The van der Waals surface area contributed by atoms with Crippen LogP contribution in [0, 0.1) is 0 Å². The Hall–Kier alpha value is -3.47. The Morgan fingerprint density at radius 1 is 1.20 bits per heavy atom. The fraction of sp³-hybridized carbons (Fsp3) is 0.500. The maximum absolute atomic E-state index is 13.0. The number of methoxy groups -OCH3 is 1. The standard InChI is InChI=1S/C30H41N5O5/c1-22(2)40-29-24(7-5-8-26(29)38-4)19-33(3)28(37)10-9-23-17-25-20-35(21-27(36)32-30(25)31-18-23)12-6-11-34-13-15-39-16-14-34/h5,7-10,17-18,22H,6,11-16,19-21H2,1-4H3,(H,31,32,36)/b10-9+. The van der Waals surface area contributed by atoms with Gasteiger partial charge in [-0.3, -0.25) is 19.4 Å². The summed E-state index contributed by atoms with van der Waals surface area (Å²) in [5.41, 5.74) is 2.61. The normalized spacial score (nSPS) is 16.5. The molecule has 2 amide bonds.